The Morgan fingerprint density at radius 3 is 2.59 bits per heavy atom. The molecule has 1 aliphatic heterocycles. The molecule has 0 fully saturated rings. The molecule has 0 aromatic heterocycles. The van der Waals surface area contributed by atoms with E-state index in [1.807, 2.05) is 36.4 Å². The minimum Gasteiger partial charge on any atom is -0.424 e. The van der Waals surface area contributed by atoms with Gasteiger partial charge in [-0.1, -0.05) is 36.4 Å². The summed E-state index contributed by atoms with van der Waals surface area (Å²) in [5, 5.41) is 8.77. The minimum atomic E-state index is 0.0129. The van der Waals surface area contributed by atoms with Gasteiger partial charge >= 0.3 is 7.48 Å². The molecule has 0 saturated heterocycles. The summed E-state index contributed by atoms with van der Waals surface area (Å²) in [6.07, 6.45) is 0.0129. The lowest BCUT2D eigenvalue weighted by atomic mass is 9.86. The topological polar surface area (TPSA) is 33.0 Å². The second-order valence-electron chi connectivity index (χ2n) is 4.12. The first-order valence-electron chi connectivity index (χ1n) is 5.58. The lowest BCUT2D eigenvalue weighted by molar-refractivity contribution is 0.280. The molecule has 1 aliphatic rings. The number of fused-ring (bicyclic) bond motifs is 1. The predicted molar refractivity (Wildman–Crippen MR) is 67.3 cm³/mol. The third-order valence-corrected chi connectivity index (χ3v) is 3.09. The zero-order valence-electron chi connectivity index (χ0n) is 9.26. The molecule has 17 heavy (non-hydrogen) atoms. The van der Waals surface area contributed by atoms with Gasteiger partial charge in [-0.05, 0) is 28.7 Å². The average molecular weight is 219 g/mol. The molecule has 0 amide bonds. The van der Waals surface area contributed by atoms with E-state index in [9.17, 15) is 0 Å². The monoisotopic (exact) mass is 219 g/mol. The second kappa shape index (κ2) is 4.08. The van der Waals surface area contributed by atoms with Gasteiger partial charge in [0.25, 0.3) is 0 Å². The first-order valence-corrected chi connectivity index (χ1v) is 5.58. The first-order chi connectivity index (χ1) is 8.38. The zero-order chi connectivity index (χ0) is 11.7. The highest BCUT2D eigenvalue weighted by molar-refractivity contribution is 6.49. The van der Waals surface area contributed by atoms with Crippen LogP contribution in [0.15, 0.2) is 48.5 Å². The molecule has 3 heteroatoms. The molecule has 0 radical (unpaired) electrons. The highest BCUT2D eigenvalue weighted by Gasteiger charge is 2.24. The average Bonchev–Trinajstić information content (AvgIpc) is 2.83. The van der Waals surface area contributed by atoms with E-state index in [4.69, 9.17) is 9.92 Å². The van der Waals surface area contributed by atoms with Crippen molar-refractivity contribution in [1.82, 2.24) is 0 Å². The molecular weight excluding hydrogens is 209 g/mol. The van der Waals surface area contributed by atoms with E-state index in [0.717, 1.165) is 5.56 Å². The number of benzene rings is 2. The Bertz CT molecular complexity index is 586. The van der Waals surface area contributed by atoms with Crippen LogP contribution in [0.2, 0.25) is 0 Å². The smallest absolute Gasteiger partial charge is 0.310 e. The molecule has 2 nitrogen and oxygen atoms in total. The molecule has 1 heterocycles. The van der Waals surface area contributed by atoms with Gasteiger partial charge in [-0.15, -0.1) is 0 Å². The SMILES string of the molecule is N#Cc1ccc(C2OBc3ccccc32)cc1. The summed E-state index contributed by atoms with van der Waals surface area (Å²) in [7, 11) is 0.668. The molecule has 1 atom stereocenters. The van der Waals surface area contributed by atoms with Crippen molar-refractivity contribution in [2.24, 2.45) is 0 Å². The number of rotatable bonds is 1. The molecule has 0 aliphatic carbocycles. The van der Waals surface area contributed by atoms with E-state index < -0.39 is 0 Å². The maximum Gasteiger partial charge on any atom is 0.310 e. The Balaban J connectivity index is 1.99. The van der Waals surface area contributed by atoms with E-state index in [1.54, 1.807) is 0 Å². The first kappa shape index (κ1) is 10.1. The Kier molecular flexibility index (Phi) is 2.43. The summed E-state index contributed by atoms with van der Waals surface area (Å²) in [5.74, 6) is 0. The van der Waals surface area contributed by atoms with Crippen LogP contribution in [0.3, 0.4) is 0 Å². The third-order valence-electron chi connectivity index (χ3n) is 3.09. The fourth-order valence-corrected chi connectivity index (χ4v) is 2.19. The second-order valence-corrected chi connectivity index (χ2v) is 4.12. The molecule has 0 N–H and O–H groups in total. The summed E-state index contributed by atoms with van der Waals surface area (Å²) >= 11 is 0. The van der Waals surface area contributed by atoms with Crippen LogP contribution < -0.4 is 5.46 Å². The van der Waals surface area contributed by atoms with Gasteiger partial charge in [0, 0.05) is 0 Å². The van der Waals surface area contributed by atoms with Crippen LogP contribution >= 0.6 is 0 Å². The van der Waals surface area contributed by atoms with Crippen LogP contribution in [0.5, 0.6) is 0 Å². The van der Waals surface area contributed by atoms with Gasteiger partial charge in [-0.25, -0.2) is 0 Å². The molecule has 1 unspecified atom stereocenters. The van der Waals surface area contributed by atoms with E-state index in [0.29, 0.717) is 13.0 Å². The van der Waals surface area contributed by atoms with Crippen LogP contribution in [0.1, 0.15) is 22.8 Å². The largest absolute Gasteiger partial charge is 0.424 e. The number of hydrogen-bond donors (Lipinski definition) is 0. The molecule has 2 aromatic rings. The van der Waals surface area contributed by atoms with Crippen molar-refractivity contribution in [3.63, 3.8) is 0 Å². The van der Waals surface area contributed by atoms with Gasteiger partial charge in [0.2, 0.25) is 0 Å². The van der Waals surface area contributed by atoms with Gasteiger partial charge in [-0.3, -0.25) is 0 Å². The van der Waals surface area contributed by atoms with E-state index in [2.05, 4.69) is 18.2 Å². The lowest BCUT2D eigenvalue weighted by Gasteiger charge is -2.12. The van der Waals surface area contributed by atoms with E-state index in [-0.39, 0.29) is 6.10 Å². The van der Waals surface area contributed by atoms with Crippen molar-refractivity contribution >= 4 is 12.9 Å². The van der Waals surface area contributed by atoms with Gasteiger partial charge in [0.05, 0.1) is 17.7 Å². The van der Waals surface area contributed by atoms with Crippen molar-refractivity contribution in [2.45, 2.75) is 6.10 Å². The quantitative estimate of drug-likeness (QED) is 0.683. The summed E-state index contributed by atoms with van der Waals surface area (Å²) in [5.41, 5.74) is 4.27. The molecule has 80 valence electrons. The summed E-state index contributed by atoms with van der Waals surface area (Å²) in [6, 6.07) is 18.0. The van der Waals surface area contributed by atoms with E-state index >= 15 is 0 Å². The Labute approximate surface area is 101 Å². The van der Waals surface area contributed by atoms with E-state index in [1.165, 1.54) is 11.0 Å². The van der Waals surface area contributed by atoms with Gasteiger partial charge in [0.1, 0.15) is 0 Å². The van der Waals surface area contributed by atoms with Crippen molar-refractivity contribution in [3.8, 4) is 6.07 Å². The van der Waals surface area contributed by atoms with Crippen LogP contribution in [-0.2, 0) is 4.65 Å². The minimum absolute atomic E-state index is 0.0129. The van der Waals surface area contributed by atoms with Crippen molar-refractivity contribution in [3.05, 3.63) is 65.2 Å². The lowest BCUT2D eigenvalue weighted by Crippen LogP contribution is -2.09. The summed E-state index contributed by atoms with van der Waals surface area (Å²) in [6.45, 7) is 0. The van der Waals surface area contributed by atoms with Gasteiger partial charge < -0.3 is 4.65 Å². The summed E-state index contributed by atoms with van der Waals surface area (Å²) in [4.78, 5) is 0. The molecule has 2 aromatic carbocycles. The van der Waals surface area contributed by atoms with Gasteiger partial charge in [0.15, 0.2) is 0 Å². The predicted octanol–water partition coefficient (Wildman–Crippen LogP) is 1.65. The third kappa shape index (κ3) is 1.73. The van der Waals surface area contributed by atoms with Crippen molar-refractivity contribution < 1.29 is 4.65 Å². The van der Waals surface area contributed by atoms with Crippen LogP contribution in [0.4, 0.5) is 0 Å². The highest BCUT2D eigenvalue weighted by Crippen LogP contribution is 2.28. The number of hydrogen-bond acceptors (Lipinski definition) is 2. The molecule has 0 bridgehead atoms. The van der Waals surface area contributed by atoms with Crippen LogP contribution in [0, 0.1) is 11.3 Å². The normalized spacial score (nSPS) is 17.0. The zero-order valence-corrected chi connectivity index (χ0v) is 9.26. The fraction of sp³-hybridized carbons (Fsp3) is 0.0714. The molecular formula is C14H10BNO. The van der Waals surface area contributed by atoms with Crippen molar-refractivity contribution in [2.75, 3.05) is 0 Å². The number of nitriles is 1. The molecule has 0 spiro atoms. The van der Waals surface area contributed by atoms with Crippen molar-refractivity contribution in [1.29, 1.82) is 5.26 Å². The van der Waals surface area contributed by atoms with Gasteiger partial charge in [-0.2, -0.15) is 5.26 Å². The fourth-order valence-electron chi connectivity index (χ4n) is 2.19. The maximum atomic E-state index is 8.77. The Morgan fingerprint density at radius 2 is 1.82 bits per heavy atom. The molecule has 0 saturated carbocycles. The maximum absolute atomic E-state index is 8.77. The standard InChI is InChI=1S/C14H10BNO/c16-9-10-5-7-11(8-6-10)14-12-3-1-2-4-13(12)15-17-14/h1-8,14-15H. The molecule has 3 rings (SSSR count). The Hall–Kier alpha value is -2.05. The Morgan fingerprint density at radius 1 is 1.06 bits per heavy atom. The van der Waals surface area contributed by atoms with Crippen LogP contribution in [-0.4, -0.2) is 7.48 Å². The highest BCUT2D eigenvalue weighted by atomic mass is 16.4. The summed E-state index contributed by atoms with van der Waals surface area (Å²) < 4.78 is 5.80. The van der Waals surface area contributed by atoms with Crippen LogP contribution in [0.25, 0.3) is 0 Å². The number of nitrogens with zero attached hydrogens (tertiary/aromatic N) is 1.